The first kappa shape index (κ1) is 23.8. The third-order valence-corrected chi connectivity index (χ3v) is 6.36. The van der Waals surface area contributed by atoms with E-state index in [1.54, 1.807) is 19.0 Å². The van der Waals surface area contributed by atoms with Gasteiger partial charge in [0.15, 0.2) is 5.96 Å². The Kier molecular flexibility index (Phi) is 9.39. The van der Waals surface area contributed by atoms with E-state index in [9.17, 15) is 9.59 Å². The van der Waals surface area contributed by atoms with Crippen molar-refractivity contribution in [3.8, 4) is 0 Å². The fourth-order valence-electron chi connectivity index (χ4n) is 4.29. The van der Waals surface area contributed by atoms with Crippen LogP contribution in [0.15, 0.2) is 4.99 Å². The summed E-state index contributed by atoms with van der Waals surface area (Å²) >= 11 is 0. The van der Waals surface area contributed by atoms with Gasteiger partial charge in [0, 0.05) is 66.5 Å². The summed E-state index contributed by atoms with van der Waals surface area (Å²) in [6.45, 7) is 7.21. The van der Waals surface area contributed by atoms with Crippen molar-refractivity contribution >= 4 is 17.8 Å². The number of nitrogens with one attached hydrogen (secondary N) is 1. The summed E-state index contributed by atoms with van der Waals surface area (Å²) in [5.74, 6) is 1.01. The number of hydrogen-bond donors (Lipinski definition) is 1. The van der Waals surface area contributed by atoms with Gasteiger partial charge in [-0.2, -0.15) is 0 Å². The predicted molar refractivity (Wildman–Crippen MR) is 121 cm³/mol. The van der Waals surface area contributed by atoms with E-state index in [-0.39, 0.29) is 24.5 Å². The van der Waals surface area contributed by atoms with Gasteiger partial charge in [0.2, 0.25) is 11.8 Å². The van der Waals surface area contributed by atoms with Gasteiger partial charge in [-0.1, -0.05) is 12.8 Å². The van der Waals surface area contributed by atoms with Crippen LogP contribution >= 0.6 is 0 Å². The molecule has 3 fully saturated rings. The Morgan fingerprint density at radius 1 is 0.968 bits per heavy atom. The van der Waals surface area contributed by atoms with Gasteiger partial charge in [-0.3, -0.25) is 14.5 Å². The zero-order valence-corrected chi connectivity index (χ0v) is 19.4. The van der Waals surface area contributed by atoms with E-state index in [1.165, 1.54) is 12.8 Å². The first-order valence-corrected chi connectivity index (χ1v) is 11.9. The summed E-state index contributed by atoms with van der Waals surface area (Å²) in [4.78, 5) is 37.4. The molecule has 3 aliphatic rings. The number of carbonyl (C=O) groups is 2. The normalized spacial score (nSPS) is 23.5. The number of amides is 2. The van der Waals surface area contributed by atoms with Crippen molar-refractivity contribution in [2.45, 2.75) is 44.6 Å². The molecule has 1 N–H and O–H groups in total. The molecule has 3 rings (SSSR count). The highest BCUT2D eigenvalue weighted by molar-refractivity contribution is 5.85. The number of piperazine rings is 1. The summed E-state index contributed by atoms with van der Waals surface area (Å²) in [6.07, 6.45) is 7.09. The van der Waals surface area contributed by atoms with Crippen LogP contribution in [0, 0.1) is 0 Å². The van der Waals surface area contributed by atoms with Crippen molar-refractivity contribution in [1.82, 2.24) is 24.9 Å². The van der Waals surface area contributed by atoms with Crippen molar-refractivity contribution in [3.63, 3.8) is 0 Å². The number of likely N-dealkylation sites (tertiary alicyclic amines) is 1. The van der Waals surface area contributed by atoms with Gasteiger partial charge in [0.1, 0.15) is 6.54 Å². The Balaban J connectivity index is 1.50. The second kappa shape index (κ2) is 12.2. The minimum atomic E-state index is -0.0156. The van der Waals surface area contributed by atoms with Gasteiger partial charge >= 0.3 is 0 Å². The fourth-order valence-corrected chi connectivity index (χ4v) is 4.29. The van der Waals surface area contributed by atoms with Crippen molar-refractivity contribution < 1.29 is 14.3 Å². The maximum Gasteiger partial charge on any atom is 0.243 e. The van der Waals surface area contributed by atoms with Crippen LogP contribution in [-0.2, 0) is 14.3 Å². The maximum absolute atomic E-state index is 12.7. The monoisotopic (exact) mass is 436 g/mol. The largest absolute Gasteiger partial charge is 0.376 e. The molecule has 0 radical (unpaired) electrons. The van der Waals surface area contributed by atoms with Gasteiger partial charge in [-0.05, 0) is 25.7 Å². The van der Waals surface area contributed by atoms with Gasteiger partial charge in [0.05, 0.1) is 12.6 Å². The Morgan fingerprint density at radius 2 is 1.68 bits per heavy atom. The summed E-state index contributed by atoms with van der Waals surface area (Å²) in [6, 6.07) is 0. The first-order chi connectivity index (χ1) is 15.0. The van der Waals surface area contributed by atoms with E-state index in [1.807, 2.05) is 4.90 Å². The molecule has 9 heteroatoms. The van der Waals surface area contributed by atoms with Crippen molar-refractivity contribution in [2.75, 3.05) is 79.6 Å². The lowest BCUT2D eigenvalue weighted by Gasteiger charge is -2.37. The number of guanidine groups is 1. The zero-order chi connectivity index (χ0) is 22.1. The number of carbonyl (C=O) groups excluding carboxylic acids is 2. The molecular weight excluding hydrogens is 396 g/mol. The van der Waals surface area contributed by atoms with Gasteiger partial charge in [-0.15, -0.1) is 0 Å². The molecule has 2 amide bonds. The van der Waals surface area contributed by atoms with E-state index in [2.05, 4.69) is 20.1 Å². The van der Waals surface area contributed by atoms with Crippen LogP contribution in [0.4, 0.5) is 0 Å². The minimum Gasteiger partial charge on any atom is -0.376 e. The van der Waals surface area contributed by atoms with Gasteiger partial charge < -0.3 is 24.8 Å². The summed E-state index contributed by atoms with van der Waals surface area (Å²) in [7, 11) is 3.49. The van der Waals surface area contributed by atoms with Crippen molar-refractivity contribution in [2.24, 2.45) is 4.99 Å². The molecular formula is C22H40N6O3. The van der Waals surface area contributed by atoms with E-state index in [4.69, 9.17) is 4.74 Å². The number of ether oxygens (including phenoxy) is 1. The fraction of sp³-hybridized carbons (Fsp3) is 0.864. The molecule has 3 saturated heterocycles. The molecule has 0 spiro atoms. The third kappa shape index (κ3) is 7.64. The predicted octanol–water partition coefficient (Wildman–Crippen LogP) is 0.219. The molecule has 3 heterocycles. The van der Waals surface area contributed by atoms with Gasteiger partial charge in [-0.25, -0.2) is 4.99 Å². The molecule has 1 unspecified atom stereocenters. The second-order valence-corrected chi connectivity index (χ2v) is 9.00. The molecule has 0 aromatic heterocycles. The van der Waals surface area contributed by atoms with Crippen molar-refractivity contribution in [1.29, 1.82) is 0 Å². The van der Waals surface area contributed by atoms with E-state index < -0.39 is 0 Å². The molecule has 1 atom stereocenters. The highest BCUT2D eigenvalue weighted by Crippen LogP contribution is 2.12. The first-order valence-electron chi connectivity index (χ1n) is 11.9. The average molecular weight is 437 g/mol. The molecule has 31 heavy (non-hydrogen) atoms. The molecule has 176 valence electrons. The lowest BCUT2D eigenvalue weighted by atomic mass is 10.2. The standard InChI is InChI=1S/C22H40N6O3/c1-25(2)20(29)17-24-22(23-16-19-8-7-15-31-19)28-13-11-26(12-14-28)18-21(30)27-9-5-3-4-6-10-27/h19H,3-18H2,1-2H3,(H,23,24). The Hall–Kier alpha value is -1.87. The molecule has 0 aliphatic carbocycles. The SMILES string of the molecule is CN(C)C(=O)CN=C(NCC1CCCO1)N1CCN(CC(=O)N2CCCCCC2)CC1. The van der Waals surface area contributed by atoms with Crippen molar-refractivity contribution in [3.05, 3.63) is 0 Å². The van der Waals surface area contributed by atoms with E-state index in [0.717, 1.165) is 77.5 Å². The van der Waals surface area contributed by atoms with Crippen LogP contribution < -0.4 is 5.32 Å². The zero-order valence-electron chi connectivity index (χ0n) is 19.4. The van der Waals surface area contributed by atoms with E-state index >= 15 is 0 Å². The van der Waals surface area contributed by atoms with Crippen LogP contribution in [0.2, 0.25) is 0 Å². The number of aliphatic imine (C=N–C) groups is 1. The van der Waals surface area contributed by atoms with Crippen LogP contribution in [-0.4, -0.2) is 123 Å². The summed E-state index contributed by atoms with van der Waals surface area (Å²) < 4.78 is 5.72. The number of nitrogens with zero attached hydrogens (tertiary/aromatic N) is 5. The Labute approximate surface area is 186 Å². The lowest BCUT2D eigenvalue weighted by Crippen LogP contribution is -2.55. The minimum absolute atomic E-state index is 0.0156. The maximum atomic E-state index is 12.7. The summed E-state index contributed by atoms with van der Waals surface area (Å²) in [5.41, 5.74) is 0. The molecule has 0 aromatic rings. The van der Waals surface area contributed by atoms with Crippen LogP contribution in [0.5, 0.6) is 0 Å². The molecule has 0 saturated carbocycles. The second-order valence-electron chi connectivity index (χ2n) is 9.00. The topological polar surface area (TPSA) is 80.7 Å². The molecule has 0 aromatic carbocycles. The number of likely N-dealkylation sites (N-methyl/N-ethyl adjacent to an activating group) is 1. The lowest BCUT2D eigenvalue weighted by molar-refractivity contribution is -0.132. The van der Waals surface area contributed by atoms with Crippen LogP contribution in [0.1, 0.15) is 38.5 Å². The van der Waals surface area contributed by atoms with E-state index in [0.29, 0.717) is 13.1 Å². The number of hydrogen-bond acceptors (Lipinski definition) is 5. The smallest absolute Gasteiger partial charge is 0.243 e. The molecule has 9 nitrogen and oxygen atoms in total. The average Bonchev–Trinajstić information content (AvgIpc) is 3.14. The van der Waals surface area contributed by atoms with Crippen LogP contribution in [0.25, 0.3) is 0 Å². The quantitative estimate of drug-likeness (QED) is 0.474. The van der Waals surface area contributed by atoms with Crippen LogP contribution in [0.3, 0.4) is 0 Å². The number of rotatable bonds is 6. The Morgan fingerprint density at radius 3 is 2.29 bits per heavy atom. The highest BCUT2D eigenvalue weighted by Gasteiger charge is 2.25. The highest BCUT2D eigenvalue weighted by atomic mass is 16.5. The Bertz CT molecular complexity index is 604. The summed E-state index contributed by atoms with van der Waals surface area (Å²) in [5, 5.41) is 3.43. The third-order valence-electron chi connectivity index (χ3n) is 6.36. The molecule has 3 aliphatic heterocycles. The van der Waals surface area contributed by atoms with Gasteiger partial charge in [0.25, 0.3) is 0 Å². The molecule has 0 bridgehead atoms.